The number of pyridine rings is 1. The van der Waals surface area contributed by atoms with Gasteiger partial charge < -0.3 is 5.11 Å². The van der Waals surface area contributed by atoms with E-state index >= 15 is 0 Å². The highest BCUT2D eigenvalue weighted by Gasteiger charge is 2.07. The van der Waals surface area contributed by atoms with Gasteiger partial charge in [-0.25, -0.2) is 9.48 Å². The first-order valence-electron chi connectivity index (χ1n) is 7.44. The van der Waals surface area contributed by atoms with Gasteiger partial charge in [0.05, 0.1) is 23.0 Å². The molecule has 4 aromatic rings. The third-order valence-electron chi connectivity index (χ3n) is 3.86. The number of aromatic carboxylic acids is 1. The van der Waals surface area contributed by atoms with E-state index < -0.39 is 5.97 Å². The van der Waals surface area contributed by atoms with Gasteiger partial charge >= 0.3 is 5.97 Å². The minimum atomic E-state index is -0.928. The molecule has 5 heteroatoms. The molecule has 2 heterocycles. The van der Waals surface area contributed by atoms with Crippen molar-refractivity contribution < 1.29 is 9.90 Å². The van der Waals surface area contributed by atoms with Gasteiger partial charge in [-0.3, -0.25) is 4.98 Å². The van der Waals surface area contributed by atoms with E-state index in [1.54, 1.807) is 35.3 Å². The van der Waals surface area contributed by atoms with Crippen molar-refractivity contribution in [1.82, 2.24) is 14.8 Å². The number of aromatic nitrogens is 3. The highest BCUT2D eigenvalue weighted by atomic mass is 16.4. The fourth-order valence-electron chi connectivity index (χ4n) is 2.66. The summed E-state index contributed by atoms with van der Waals surface area (Å²) >= 11 is 0. The van der Waals surface area contributed by atoms with Crippen LogP contribution in [0.25, 0.3) is 27.7 Å². The maximum atomic E-state index is 11.1. The fourth-order valence-corrected chi connectivity index (χ4v) is 2.66. The highest BCUT2D eigenvalue weighted by Crippen LogP contribution is 2.25. The van der Waals surface area contributed by atoms with Crippen molar-refractivity contribution in [2.24, 2.45) is 0 Å². The van der Waals surface area contributed by atoms with Gasteiger partial charge in [-0.2, -0.15) is 5.10 Å². The highest BCUT2D eigenvalue weighted by molar-refractivity contribution is 5.90. The van der Waals surface area contributed by atoms with Crippen LogP contribution in [0.3, 0.4) is 0 Å². The summed E-state index contributed by atoms with van der Waals surface area (Å²) < 4.78 is 1.79. The van der Waals surface area contributed by atoms with Crippen LogP contribution >= 0.6 is 0 Å². The molecule has 0 bridgehead atoms. The first-order chi connectivity index (χ1) is 11.7. The zero-order valence-electron chi connectivity index (χ0n) is 12.6. The van der Waals surface area contributed by atoms with Crippen LogP contribution in [0.5, 0.6) is 0 Å². The van der Waals surface area contributed by atoms with Crippen molar-refractivity contribution in [3.8, 4) is 16.8 Å². The quantitative estimate of drug-likeness (QED) is 0.624. The van der Waals surface area contributed by atoms with Crippen molar-refractivity contribution in [2.45, 2.75) is 0 Å². The number of fused-ring (bicyclic) bond motifs is 1. The average molecular weight is 315 g/mol. The van der Waals surface area contributed by atoms with E-state index in [9.17, 15) is 4.79 Å². The molecular formula is C19H13N3O2. The third-order valence-corrected chi connectivity index (χ3v) is 3.86. The van der Waals surface area contributed by atoms with Gasteiger partial charge in [0.25, 0.3) is 0 Å². The van der Waals surface area contributed by atoms with E-state index in [1.165, 1.54) is 0 Å². The summed E-state index contributed by atoms with van der Waals surface area (Å²) in [7, 11) is 0. The molecule has 24 heavy (non-hydrogen) atoms. The molecule has 1 N–H and O–H groups in total. The zero-order chi connectivity index (χ0) is 16.5. The summed E-state index contributed by atoms with van der Waals surface area (Å²) in [4.78, 5) is 15.2. The van der Waals surface area contributed by atoms with Gasteiger partial charge in [0.1, 0.15) is 0 Å². The molecule has 2 aromatic heterocycles. The molecule has 0 atom stereocenters. The predicted molar refractivity (Wildman–Crippen MR) is 91.3 cm³/mol. The Balaban J connectivity index is 1.79. The predicted octanol–water partition coefficient (Wildman–Crippen LogP) is 3.79. The lowest BCUT2D eigenvalue weighted by Crippen LogP contribution is -1.95. The fraction of sp³-hybridized carbons (Fsp3) is 0. The van der Waals surface area contributed by atoms with Crippen molar-refractivity contribution in [3.63, 3.8) is 0 Å². The average Bonchev–Trinajstić information content (AvgIpc) is 3.06. The number of hydrogen-bond acceptors (Lipinski definition) is 3. The summed E-state index contributed by atoms with van der Waals surface area (Å²) in [6.07, 6.45) is 5.42. The largest absolute Gasteiger partial charge is 0.478 e. The van der Waals surface area contributed by atoms with Crippen LogP contribution in [0.2, 0.25) is 0 Å². The minimum absolute atomic E-state index is 0.277. The molecule has 0 amide bonds. The van der Waals surface area contributed by atoms with Crippen LogP contribution in [0.1, 0.15) is 10.4 Å². The SMILES string of the molecule is O=C(O)c1cccc(-c2ccc3nn(-c4cccnc4)cc3c2)c1. The monoisotopic (exact) mass is 315 g/mol. The summed E-state index contributed by atoms with van der Waals surface area (Å²) in [5.74, 6) is -0.928. The van der Waals surface area contributed by atoms with Gasteiger partial charge in [-0.15, -0.1) is 0 Å². The summed E-state index contributed by atoms with van der Waals surface area (Å²) in [6.45, 7) is 0. The number of hydrogen-bond donors (Lipinski definition) is 1. The second-order valence-corrected chi connectivity index (χ2v) is 5.44. The lowest BCUT2D eigenvalue weighted by atomic mass is 10.0. The molecule has 116 valence electrons. The van der Waals surface area contributed by atoms with Gasteiger partial charge in [0.15, 0.2) is 0 Å². The van der Waals surface area contributed by atoms with E-state index in [1.807, 2.05) is 42.6 Å². The topological polar surface area (TPSA) is 68.0 Å². The lowest BCUT2D eigenvalue weighted by molar-refractivity contribution is 0.0697. The number of carbonyl (C=O) groups is 1. The van der Waals surface area contributed by atoms with Gasteiger partial charge in [0.2, 0.25) is 0 Å². The van der Waals surface area contributed by atoms with E-state index in [0.717, 1.165) is 27.7 Å². The maximum Gasteiger partial charge on any atom is 0.335 e. The van der Waals surface area contributed by atoms with Crippen molar-refractivity contribution in [2.75, 3.05) is 0 Å². The maximum absolute atomic E-state index is 11.1. The van der Waals surface area contributed by atoms with E-state index in [0.29, 0.717) is 0 Å². The second-order valence-electron chi connectivity index (χ2n) is 5.44. The Morgan fingerprint density at radius 3 is 2.67 bits per heavy atom. The number of rotatable bonds is 3. The van der Waals surface area contributed by atoms with Crippen LogP contribution in [-0.2, 0) is 0 Å². The molecule has 0 aliphatic rings. The Hall–Kier alpha value is -3.47. The van der Waals surface area contributed by atoms with Crippen LogP contribution in [0, 0.1) is 0 Å². The lowest BCUT2D eigenvalue weighted by Gasteiger charge is -2.03. The molecule has 2 aromatic carbocycles. The first kappa shape index (κ1) is 14.1. The molecule has 0 aliphatic heterocycles. The molecule has 0 saturated carbocycles. The van der Waals surface area contributed by atoms with E-state index in [4.69, 9.17) is 5.11 Å². The Labute approximate surface area is 137 Å². The summed E-state index contributed by atoms with van der Waals surface area (Å²) in [5, 5.41) is 14.7. The van der Waals surface area contributed by atoms with E-state index in [-0.39, 0.29) is 5.56 Å². The number of carboxylic acids is 1. The molecule has 4 rings (SSSR count). The molecule has 0 radical (unpaired) electrons. The molecule has 5 nitrogen and oxygen atoms in total. The Bertz CT molecular complexity index is 1040. The van der Waals surface area contributed by atoms with Crippen molar-refractivity contribution in [3.05, 3.63) is 78.8 Å². The Morgan fingerprint density at radius 1 is 1.00 bits per heavy atom. The summed E-state index contributed by atoms with van der Waals surface area (Å²) in [6, 6.07) is 16.6. The molecule has 0 saturated heterocycles. The Morgan fingerprint density at radius 2 is 1.88 bits per heavy atom. The molecule has 0 spiro atoms. The van der Waals surface area contributed by atoms with Crippen LogP contribution < -0.4 is 0 Å². The molecule has 0 unspecified atom stereocenters. The normalized spacial score (nSPS) is 10.8. The van der Waals surface area contributed by atoms with Gasteiger partial charge in [-0.05, 0) is 47.5 Å². The molecule has 0 aliphatic carbocycles. The Kier molecular flexibility index (Phi) is 3.31. The number of benzene rings is 2. The minimum Gasteiger partial charge on any atom is -0.478 e. The van der Waals surface area contributed by atoms with Crippen LogP contribution in [-0.4, -0.2) is 25.8 Å². The smallest absolute Gasteiger partial charge is 0.335 e. The van der Waals surface area contributed by atoms with Gasteiger partial charge in [-0.1, -0.05) is 18.2 Å². The third kappa shape index (κ3) is 2.52. The van der Waals surface area contributed by atoms with E-state index in [2.05, 4.69) is 10.1 Å². The zero-order valence-corrected chi connectivity index (χ0v) is 12.6. The second kappa shape index (κ2) is 5.62. The van der Waals surface area contributed by atoms with Gasteiger partial charge in [0, 0.05) is 17.8 Å². The number of nitrogens with zero attached hydrogens (tertiary/aromatic N) is 3. The standard InChI is InChI=1S/C19H13N3O2/c23-19(24)15-4-1-3-13(9-15)14-6-7-18-16(10-14)12-22(21-18)17-5-2-8-20-11-17/h1-12H,(H,23,24). The van der Waals surface area contributed by atoms with Crippen molar-refractivity contribution in [1.29, 1.82) is 0 Å². The van der Waals surface area contributed by atoms with Crippen LogP contribution in [0.4, 0.5) is 0 Å². The summed E-state index contributed by atoms with van der Waals surface area (Å²) in [5.41, 5.74) is 3.86. The number of carboxylic acid groups (broad SMARTS) is 1. The molecule has 0 fully saturated rings. The molecular weight excluding hydrogens is 302 g/mol. The van der Waals surface area contributed by atoms with Crippen molar-refractivity contribution >= 4 is 16.9 Å². The van der Waals surface area contributed by atoms with Crippen LogP contribution in [0.15, 0.2) is 73.2 Å². The first-order valence-corrected chi connectivity index (χ1v) is 7.44.